The van der Waals surface area contributed by atoms with Crippen LogP contribution in [0.4, 0.5) is 0 Å². The third-order valence-corrected chi connectivity index (χ3v) is 5.08. The second-order valence-electron chi connectivity index (χ2n) is 6.60. The molecule has 1 saturated heterocycles. The molecule has 3 rings (SSSR count). The average Bonchev–Trinajstić information content (AvgIpc) is 3.16. The lowest BCUT2D eigenvalue weighted by atomic mass is 9.93. The van der Waals surface area contributed by atoms with E-state index >= 15 is 0 Å². The molecule has 1 N–H and O–H groups in total. The first-order valence-corrected chi connectivity index (χ1v) is 9.34. The van der Waals surface area contributed by atoms with Gasteiger partial charge >= 0.3 is 0 Å². The summed E-state index contributed by atoms with van der Waals surface area (Å²) in [5.41, 5.74) is 0.545. The van der Waals surface area contributed by atoms with E-state index in [0.29, 0.717) is 49.0 Å². The molecule has 138 valence electrons. The van der Waals surface area contributed by atoms with Gasteiger partial charge in [-0.25, -0.2) is 0 Å². The topological polar surface area (TPSA) is 62.6 Å². The first-order chi connectivity index (χ1) is 12.6. The average molecular weight is 375 g/mol. The monoisotopic (exact) mass is 374 g/mol. The van der Waals surface area contributed by atoms with Crippen molar-refractivity contribution in [3.8, 4) is 0 Å². The maximum atomic E-state index is 12.6. The molecule has 0 atom stereocenters. The Labute approximate surface area is 158 Å². The Morgan fingerprint density at radius 2 is 1.92 bits per heavy atom. The lowest BCUT2D eigenvalue weighted by Crippen LogP contribution is -2.40. The Balaban J connectivity index is 1.40. The summed E-state index contributed by atoms with van der Waals surface area (Å²) in [5.74, 6) is 1.22. The van der Waals surface area contributed by atoms with Crippen LogP contribution in [0.2, 0.25) is 5.02 Å². The largest absolute Gasteiger partial charge is 0.469 e. The van der Waals surface area contributed by atoms with Crippen LogP contribution in [0.3, 0.4) is 0 Å². The highest BCUT2D eigenvalue weighted by Crippen LogP contribution is 2.24. The van der Waals surface area contributed by atoms with Gasteiger partial charge in [-0.05, 0) is 43.0 Å². The van der Waals surface area contributed by atoms with Gasteiger partial charge in [-0.3, -0.25) is 9.59 Å². The fraction of sp³-hybridized carbons (Fsp3) is 0.400. The predicted octanol–water partition coefficient (Wildman–Crippen LogP) is 3.53. The van der Waals surface area contributed by atoms with Crippen LogP contribution in [0.5, 0.6) is 0 Å². The highest BCUT2D eigenvalue weighted by molar-refractivity contribution is 6.33. The number of hydrogen-bond donors (Lipinski definition) is 1. The van der Waals surface area contributed by atoms with Crippen molar-refractivity contribution in [1.29, 1.82) is 0 Å². The number of carbonyl (C=O) groups is 2. The van der Waals surface area contributed by atoms with Crippen molar-refractivity contribution in [2.24, 2.45) is 5.92 Å². The van der Waals surface area contributed by atoms with Gasteiger partial charge in [0.15, 0.2) is 0 Å². The van der Waals surface area contributed by atoms with Crippen LogP contribution < -0.4 is 5.32 Å². The first-order valence-electron chi connectivity index (χ1n) is 8.96. The van der Waals surface area contributed by atoms with Crippen LogP contribution >= 0.6 is 11.6 Å². The molecule has 6 heteroatoms. The lowest BCUT2D eigenvalue weighted by Gasteiger charge is -2.32. The van der Waals surface area contributed by atoms with Crippen LogP contribution in [-0.4, -0.2) is 36.3 Å². The van der Waals surface area contributed by atoms with E-state index in [9.17, 15) is 9.59 Å². The molecule has 2 aromatic rings. The standard InChI is InChI=1S/C20H23ClN2O3/c21-18-6-2-1-5-17(18)20(25)23-11-8-15(9-12-23)14-19(24)22-10-7-16-4-3-13-26-16/h1-6,13,15H,7-12,14H2,(H,22,24). The minimum atomic E-state index is -0.0306. The molecule has 0 radical (unpaired) electrons. The second kappa shape index (κ2) is 8.90. The van der Waals surface area contributed by atoms with Crippen LogP contribution in [0.25, 0.3) is 0 Å². The van der Waals surface area contributed by atoms with E-state index in [1.807, 2.05) is 29.2 Å². The molecule has 1 aromatic carbocycles. The Bertz CT molecular complexity index is 737. The van der Waals surface area contributed by atoms with Gasteiger partial charge in [0, 0.05) is 32.5 Å². The molecule has 26 heavy (non-hydrogen) atoms. The van der Waals surface area contributed by atoms with Crippen LogP contribution in [0, 0.1) is 5.92 Å². The van der Waals surface area contributed by atoms with Crippen molar-refractivity contribution in [2.75, 3.05) is 19.6 Å². The quantitative estimate of drug-likeness (QED) is 0.841. The van der Waals surface area contributed by atoms with Crippen molar-refractivity contribution >= 4 is 23.4 Å². The molecular weight excluding hydrogens is 352 g/mol. The second-order valence-corrected chi connectivity index (χ2v) is 7.01. The number of likely N-dealkylation sites (tertiary alicyclic amines) is 1. The zero-order valence-electron chi connectivity index (χ0n) is 14.6. The third-order valence-electron chi connectivity index (χ3n) is 4.75. The number of nitrogens with zero attached hydrogens (tertiary/aromatic N) is 1. The summed E-state index contributed by atoms with van der Waals surface area (Å²) in [4.78, 5) is 26.5. The van der Waals surface area contributed by atoms with Gasteiger partial charge in [-0.1, -0.05) is 23.7 Å². The number of hydrogen-bond acceptors (Lipinski definition) is 3. The summed E-state index contributed by atoms with van der Waals surface area (Å²) >= 11 is 6.11. The molecule has 0 bridgehead atoms. The Morgan fingerprint density at radius 3 is 2.62 bits per heavy atom. The molecule has 1 fully saturated rings. The van der Waals surface area contributed by atoms with Gasteiger partial charge in [-0.2, -0.15) is 0 Å². The molecule has 2 heterocycles. The number of rotatable bonds is 6. The summed E-state index contributed by atoms with van der Waals surface area (Å²) in [5, 5.41) is 3.42. The van der Waals surface area contributed by atoms with Crippen LogP contribution in [0.15, 0.2) is 47.1 Å². The smallest absolute Gasteiger partial charge is 0.255 e. The predicted molar refractivity (Wildman–Crippen MR) is 100 cm³/mol. The van der Waals surface area contributed by atoms with E-state index in [4.69, 9.17) is 16.0 Å². The van der Waals surface area contributed by atoms with Gasteiger partial charge < -0.3 is 14.6 Å². The van der Waals surface area contributed by atoms with Crippen LogP contribution in [-0.2, 0) is 11.2 Å². The van der Waals surface area contributed by atoms with Gasteiger partial charge in [0.1, 0.15) is 5.76 Å². The number of furan rings is 1. The van der Waals surface area contributed by atoms with Crippen molar-refractivity contribution in [3.05, 3.63) is 59.0 Å². The fourth-order valence-electron chi connectivity index (χ4n) is 3.26. The lowest BCUT2D eigenvalue weighted by molar-refractivity contribution is -0.122. The van der Waals surface area contributed by atoms with E-state index in [1.54, 1.807) is 18.4 Å². The number of benzene rings is 1. The SMILES string of the molecule is O=C(CC1CCN(C(=O)c2ccccc2Cl)CC1)NCCc1ccco1. The zero-order chi connectivity index (χ0) is 18.4. The minimum Gasteiger partial charge on any atom is -0.469 e. The molecule has 0 saturated carbocycles. The van der Waals surface area contributed by atoms with E-state index in [2.05, 4.69) is 5.32 Å². The molecule has 0 unspecified atom stereocenters. The van der Waals surface area contributed by atoms with Crippen molar-refractivity contribution in [3.63, 3.8) is 0 Å². The number of nitrogens with one attached hydrogen (secondary N) is 1. The van der Waals surface area contributed by atoms with E-state index in [0.717, 1.165) is 18.6 Å². The highest BCUT2D eigenvalue weighted by atomic mass is 35.5. The van der Waals surface area contributed by atoms with E-state index in [-0.39, 0.29) is 11.8 Å². The van der Waals surface area contributed by atoms with E-state index < -0.39 is 0 Å². The van der Waals surface area contributed by atoms with Gasteiger partial charge in [0.05, 0.1) is 16.8 Å². The van der Waals surface area contributed by atoms with Gasteiger partial charge in [0.25, 0.3) is 5.91 Å². The minimum absolute atomic E-state index is 0.0306. The highest BCUT2D eigenvalue weighted by Gasteiger charge is 2.25. The number of carbonyl (C=O) groups excluding carboxylic acids is 2. The Kier molecular flexibility index (Phi) is 6.34. The number of halogens is 1. The molecule has 1 aliphatic heterocycles. The van der Waals surface area contributed by atoms with Gasteiger partial charge in [0.2, 0.25) is 5.91 Å². The first kappa shape index (κ1) is 18.5. The van der Waals surface area contributed by atoms with Gasteiger partial charge in [-0.15, -0.1) is 0 Å². The molecule has 1 aromatic heterocycles. The number of amides is 2. The summed E-state index contributed by atoms with van der Waals surface area (Å²) in [6.07, 6.45) is 4.51. The normalized spacial score (nSPS) is 15.0. The molecule has 2 amide bonds. The van der Waals surface area contributed by atoms with Crippen LogP contribution in [0.1, 0.15) is 35.4 Å². The summed E-state index contributed by atoms with van der Waals surface area (Å²) < 4.78 is 5.25. The molecule has 1 aliphatic rings. The van der Waals surface area contributed by atoms with Crippen molar-refractivity contribution < 1.29 is 14.0 Å². The maximum Gasteiger partial charge on any atom is 0.255 e. The Morgan fingerprint density at radius 1 is 1.15 bits per heavy atom. The summed E-state index contributed by atoms with van der Waals surface area (Å²) in [6.45, 7) is 1.90. The zero-order valence-corrected chi connectivity index (χ0v) is 15.4. The number of piperidine rings is 1. The fourth-order valence-corrected chi connectivity index (χ4v) is 3.48. The summed E-state index contributed by atoms with van der Waals surface area (Å²) in [7, 11) is 0. The van der Waals surface area contributed by atoms with E-state index in [1.165, 1.54) is 0 Å². The molecular formula is C20H23ClN2O3. The third kappa shape index (κ3) is 4.88. The molecule has 0 aliphatic carbocycles. The molecule has 0 spiro atoms. The van der Waals surface area contributed by atoms with Crippen molar-refractivity contribution in [2.45, 2.75) is 25.7 Å². The Hall–Kier alpha value is -2.27. The summed E-state index contributed by atoms with van der Waals surface area (Å²) in [6, 6.07) is 10.9. The maximum absolute atomic E-state index is 12.6. The van der Waals surface area contributed by atoms with Crippen molar-refractivity contribution in [1.82, 2.24) is 10.2 Å². The molecule has 5 nitrogen and oxygen atoms in total.